The topological polar surface area (TPSA) is 75.2 Å². The number of aliphatic imine (C=N–C) groups is 1. The molecule has 0 saturated carbocycles. The molecular weight excluding hydrogens is 368 g/mol. The van der Waals surface area contributed by atoms with E-state index in [1.807, 2.05) is 20.8 Å². The second-order valence-electron chi connectivity index (χ2n) is 8.91. The van der Waals surface area contributed by atoms with Crippen molar-refractivity contribution in [3.05, 3.63) is 35.9 Å². The van der Waals surface area contributed by atoms with Gasteiger partial charge in [-0.05, 0) is 39.2 Å². The molecule has 2 aliphatic heterocycles. The van der Waals surface area contributed by atoms with Crippen LogP contribution in [-0.4, -0.2) is 68.5 Å². The first kappa shape index (κ1) is 21.4. The molecule has 1 aromatic carbocycles. The summed E-state index contributed by atoms with van der Waals surface area (Å²) in [5.74, 6) is 0.764. The van der Waals surface area contributed by atoms with E-state index in [2.05, 4.69) is 46.0 Å². The van der Waals surface area contributed by atoms with E-state index in [0.717, 1.165) is 38.6 Å². The zero-order valence-electron chi connectivity index (χ0n) is 18.0. The molecule has 7 heteroatoms. The third-order valence-corrected chi connectivity index (χ3v) is 5.53. The van der Waals surface area contributed by atoms with Gasteiger partial charge in [0.2, 0.25) is 0 Å². The summed E-state index contributed by atoms with van der Waals surface area (Å²) in [6, 6.07) is 10.8. The predicted octanol–water partition coefficient (Wildman–Crippen LogP) is 2.52. The van der Waals surface area contributed by atoms with Crippen molar-refractivity contribution in [1.82, 2.24) is 15.5 Å². The zero-order chi connectivity index (χ0) is 20.9. The van der Waals surface area contributed by atoms with E-state index < -0.39 is 5.60 Å². The van der Waals surface area contributed by atoms with E-state index in [0.29, 0.717) is 13.1 Å². The summed E-state index contributed by atoms with van der Waals surface area (Å²) in [4.78, 5) is 18.2. The van der Waals surface area contributed by atoms with Gasteiger partial charge in [-0.3, -0.25) is 4.99 Å². The molecule has 0 unspecified atom stereocenters. The Balaban J connectivity index is 1.52. The molecule has 2 aliphatic rings. The van der Waals surface area contributed by atoms with Crippen molar-refractivity contribution in [1.29, 1.82) is 0 Å². The van der Waals surface area contributed by atoms with Crippen molar-refractivity contribution >= 4 is 12.1 Å². The maximum absolute atomic E-state index is 12.1. The van der Waals surface area contributed by atoms with Gasteiger partial charge in [-0.1, -0.05) is 30.3 Å². The number of nitrogens with one attached hydrogen (secondary N) is 2. The normalized spacial score (nSPS) is 20.0. The van der Waals surface area contributed by atoms with Crippen LogP contribution in [0.5, 0.6) is 0 Å². The lowest BCUT2D eigenvalue weighted by Crippen LogP contribution is -2.63. The van der Waals surface area contributed by atoms with Gasteiger partial charge in [-0.25, -0.2) is 4.79 Å². The minimum absolute atomic E-state index is 0.0410. The number of benzene rings is 1. The first-order valence-corrected chi connectivity index (χ1v) is 10.4. The quantitative estimate of drug-likeness (QED) is 0.598. The molecule has 3 rings (SSSR count). The first-order valence-electron chi connectivity index (χ1n) is 10.4. The van der Waals surface area contributed by atoms with E-state index in [1.54, 1.807) is 11.9 Å². The smallest absolute Gasteiger partial charge is 0.410 e. The molecule has 0 aromatic heterocycles. The Morgan fingerprint density at radius 2 is 1.90 bits per heavy atom. The largest absolute Gasteiger partial charge is 0.444 e. The van der Waals surface area contributed by atoms with Gasteiger partial charge in [-0.15, -0.1) is 0 Å². The molecule has 0 aliphatic carbocycles. The van der Waals surface area contributed by atoms with Gasteiger partial charge in [0.25, 0.3) is 0 Å². The highest BCUT2D eigenvalue weighted by molar-refractivity contribution is 5.80. The second kappa shape index (κ2) is 9.03. The van der Waals surface area contributed by atoms with Gasteiger partial charge in [-0.2, -0.15) is 0 Å². The Morgan fingerprint density at radius 1 is 1.24 bits per heavy atom. The maximum atomic E-state index is 12.1. The van der Waals surface area contributed by atoms with Gasteiger partial charge in [0.15, 0.2) is 5.96 Å². The van der Waals surface area contributed by atoms with E-state index in [9.17, 15) is 4.79 Å². The van der Waals surface area contributed by atoms with E-state index in [1.165, 1.54) is 5.56 Å². The predicted molar refractivity (Wildman–Crippen MR) is 114 cm³/mol. The number of hydrogen-bond donors (Lipinski definition) is 2. The average molecular weight is 403 g/mol. The van der Waals surface area contributed by atoms with Gasteiger partial charge in [0, 0.05) is 45.3 Å². The van der Waals surface area contributed by atoms with Gasteiger partial charge >= 0.3 is 6.09 Å². The fraction of sp³-hybridized carbons (Fsp3) is 0.636. The highest BCUT2D eigenvalue weighted by atomic mass is 16.6. The third kappa shape index (κ3) is 5.63. The standard InChI is InChI=1S/C22H34N4O3/c1-21(2,3)29-20(27)26-14-18(15-26)25-19(23-4)24-16-22(10-12-28-13-11-22)17-8-6-5-7-9-17/h5-9,18H,10-16H2,1-4H3,(H2,23,24,25). The summed E-state index contributed by atoms with van der Waals surface area (Å²) >= 11 is 0. The molecule has 1 aromatic rings. The fourth-order valence-corrected chi connectivity index (χ4v) is 3.81. The van der Waals surface area contributed by atoms with Crippen LogP contribution in [0, 0.1) is 0 Å². The Hall–Kier alpha value is -2.28. The summed E-state index contributed by atoms with van der Waals surface area (Å²) < 4.78 is 11.0. The van der Waals surface area contributed by atoms with Crippen LogP contribution in [0.1, 0.15) is 39.2 Å². The minimum atomic E-state index is -0.470. The van der Waals surface area contributed by atoms with E-state index >= 15 is 0 Å². The van der Waals surface area contributed by atoms with Gasteiger partial charge < -0.3 is 25.0 Å². The Kier molecular flexibility index (Phi) is 6.67. The lowest BCUT2D eigenvalue weighted by molar-refractivity contribution is 0.00699. The van der Waals surface area contributed by atoms with Crippen molar-refractivity contribution in [2.45, 2.75) is 50.7 Å². The molecule has 2 saturated heterocycles. The van der Waals surface area contributed by atoms with Crippen molar-refractivity contribution in [2.24, 2.45) is 4.99 Å². The summed E-state index contributed by atoms with van der Waals surface area (Å²) in [5.41, 5.74) is 0.910. The van der Waals surface area contributed by atoms with Crippen molar-refractivity contribution in [3.8, 4) is 0 Å². The molecule has 29 heavy (non-hydrogen) atoms. The highest BCUT2D eigenvalue weighted by Gasteiger charge is 2.36. The number of carbonyl (C=O) groups excluding carboxylic acids is 1. The van der Waals surface area contributed by atoms with Crippen LogP contribution in [0.15, 0.2) is 35.3 Å². The van der Waals surface area contributed by atoms with Gasteiger partial charge in [0.05, 0.1) is 6.04 Å². The Bertz CT molecular complexity index is 703. The lowest BCUT2D eigenvalue weighted by Gasteiger charge is -2.41. The monoisotopic (exact) mass is 402 g/mol. The number of nitrogens with zero attached hydrogens (tertiary/aromatic N) is 2. The molecule has 160 valence electrons. The van der Waals surface area contributed by atoms with Crippen LogP contribution < -0.4 is 10.6 Å². The maximum Gasteiger partial charge on any atom is 0.410 e. The van der Waals surface area contributed by atoms with E-state index in [4.69, 9.17) is 9.47 Å². The molecule has 2 fully saturated rings. The molecule has 0 radical (unpaired) electrons. The second-order valence-corrected chi connectivity index (χ2v) is 8.91. The number of ether oxygens (including phenoxy) is 2. The number of carbonyl (C=O) groups is 1. The van der Waals surface area contributed by atoms with Gasteiger partial charge in [0.1, 0.15) is 5.60 Å². The number of rotatable bonds is 4. The van der Waals surface area contributed by atoms with Crippen LogP contribution in [0.4, 0.5) is 4.79 Å². The lowest BCUT2D eigenvalue weighted by atomic mass is 9.74. The molecule has 0 bridgehead atoms. The molecule has 0 spiro atoms. The molecular formula is C22H34N4O3. The summed E-state index contributed by atoms with van der Waals surface area (Å²) in [6.07, 6.45) is 1.71. The molecule has 1 amide bonds. The minimum Gasteiger partial charge on any atom is -0.444 e. The van der Waals surface area contributed by atoms with Crippen molar-refractivity contribution in [2.75, 3.05) is 39.9 Å². The molecule has 2 heterocycles. The van der Waals surface area contributed by atoms with Crippen LogP contribution in [0.25, 0.3) is 0 Å². The summed E-state index contributed by atoms with van der Waals surface area (Å²) in [5, 5.41) is 6.93. The molecule has 0 atom stereocenters. The SMILES string of the molecule is CN=C(NCC1(c2ccccc2)CCOCC1)NC1CN(C(=O)OC(C)(C)C)C1. The van der Waals surface area contributed by atoms with Crippen LogP contribution in [0.2, 0.25) is 0 Å². The van der Waals surface area contributed by atoms with Crippen molar-refractivity contribution < 1.29 is 14.3 Å². The van der Waals surface area contributed by atoms with Crippen LogP contribution >= 0.6 is 0 Å². The highest BCUT2D eigenvalue weighted by Crippen LogP contribution is 2.34. The zero-order valence-corrected chi connectivity index (χ0v) is 18.0. The number of likely N-dealkylation sites (tertiary alicyclic amines) is 1. The number of guanidine groups is 1. The van der Waals surface area contributed by atoms with Crippen LogP contribution in [-0.2, 0) is 14.9 Å². The van der Waals surface area contributed by atoms with Crippen molar-refractivity contribution in [3.63, 3.8) is 0 Å². The number of hydrogen-bond acceptors (Lipinski definition) is 4. The molecule has 2 N–H and O–H groups in total. The van der Waals surface area contributed by atoms with Crippen LogP contribution in [0.3, 0.4) is 0 Å². The first-order chi connectivity index (χ1) is 13.8. The Morgan fingerprint density at radius 3 is 2.48 bits per heavy atom. The third-order valence-electron chi connectivity index (χ3n) is 5.53. The molecule has 7 nitrogen and oxygen atoms in total. The summed E-state index contributed by atoms with van der Waals surface area (Å²) in [6.45, 7) is 9.22. The fourth-order valence-electron chi connectivity index (χ4n) is 3.81. The summed E-state index contributed by atoms with van der Waals surface area (Å²) in [7, 11) is 1.78. The number of amides is 1. The van der Waals surface area contributed by atoms with E-state index in [-0.39, 0.29) is 17.6 Å². The average Bonchev–Trinajstić information content (AvgIpc) is 2.66. The Labute approximate surface area is 173 Å².